The number of carbonyl (C=O) groups is 1. The first kappa shape index (κ1) is 15.0. The van der Waals surface area contributed by atoms with Gasteiger partial charge in [0.15, 0.2) is 0 Å². The number of aromatic nitrogens is 4. The van der Waals surface area contributed by atoms with Crippen LogP contribution in [0.15, 0.2) is 36.7 Å². The zero-order chi connectivity index (χ0) is 16.5. The fourth-order valence-electron chi connectivity index (χ4n) is 3.92. The van der Waals surface area contributed by atoms with Gasteiger partial charge in [0.25, 0.3) is 5.78 Å². The van der Waals surface area contributed by atoms with Gasteiger partial charge in [-0.05, 0) is 31.7 Å². The topological polar surface area (TPSA) is 60.1 Å². The van der Waals surface area contributed by atoms with Gasteiger partial charge in [-0.15, -0.1) is 0 Å². The maximum absolute atomic E-state index is 11.3. The van der Waals surface area contributed by atoms with Crippen molar-refractivity contribution in [3.63, 3.8) is 0 Å². The number of nitrogens with zero attached hydrogens (tertiary/aromatic N) is 4. The van der Waals surface area contributed by atoms with Crippen LogP contribution >= 0.6 is 0 Å². The molecule has 4 rings (SSSR count). The maximum Gasteiger partial charge on any atom is 0.252 e. The van der Waals surface area contributed by atoms with Gasteiger partial charge in [0, 0.05) is 17.4 Å². The molecular weight excluding hydrogens is 300 g/mol. The van der Waals surface area contributed by atoms with Gasteiger partial charge in [0.2, 0.25) is 0 Å². The van der Waals surface area contributed by atoms with Crippen LogP contribution < -0.4 is 0 Å². The lowest BCUT2D eigenvalue weighted by Gasteiger charge is -2.28. The number of hydrogen-bond donors (Lipinski definition) is 0. The summed E-state index contributed by atoms with van der Waals surface area (Å²) in [5, 5.41) is 4.43. The molecule has 0 saturated heterocycles. The Morgan fingerprint density at radius 2 is 2.04 bits per heavy atom. The van der Waals surface area contributed by atoms with Crippen molar-refractivity contribution < 1.29 is 4.79 Å². The van der Waals surface area contributed by atoms with E-state index in [-0.39, 0.29) is 5.92 Å². The minimum absolute atomic E-state index is 0.138. The van der Waals surface area contributed by atoms with Crippen LogP contribution in [0, 0.1) is 12.8 Å². The van der Waals surface area contributed by atoms with E-state index in [1.54, 1.807) is 6.33 Å². The molecule has 1 aliphatic rings. The molecule has 122 valence electrons. The van der Waals surface area contributed by atoms with Gasteiger partial charge in [-0.1, -0.05) is 36.8 Å². The lowest BCUT2D eigenvalue weighted by Crippen LogP contribution is -2.19. The van der Waals surface area contributed by atoms with Crippen molar-refractivity contribution in [2.24, 2.45) is 5.92 Å². The molecule has 24 heavy (non-hydrogen) atoms. The highest BCUT2D eigenvalue weighted by atomic mass is 16.1. The van der Waals surface area contributed by atoms with Crippen LogP contribution in [0.4, 0.5) is 0 Å². The van der Waals surface area contributed by atoms with Crippen molar-refractivity contribution >= 4 is 12.1 Å². The maximum atomic E-state index is 11.3. The first-order valence-corrected chi connectivity index (χ1v) is 8.49. The molecule has 0 spiro atoms. The summed E-state index contributed by atoms with van der Waals surface area (Å²) in [7, 11) is 0. The van der Waals surface area contributed by atoms with Gasteiger partial charge in [-0.2, -0.15) is 10.1 Å². The Morgan fingerprint density at radius 3 is 2.83 bits per heavy atom. The largest absolute Gasteiger partial charge is 0.303 e. The monoisotopic (exact) mass is 320 g/mol. The molecule has 5 nitrogen and oxygen atoms in total. The number of aryl methyl sites for hydroxylation is 1. The van der Waals surface area contributed by atoms with E-state index in [0.717, 1.165) is 54.5 Å². The first-order chi connectivity index (χ1) is 11.8. The molecule has 5 heteroatoms. The molecule has 1 fully saturated rings. The van der Waals surface area contributed by atoms with E-state index in [4.69, 9.17) is 0 Å². The number of fused-ring (bicyclic) bond motifs is 1. The summed E-state index contributed by atoms with van der Waals surface area (Å²) >= 11 is 0. The number of rotatable bonds is 3. The predicted molar refractivity (Wildman–Crippen MR) is 91.7 cm³/mol. The summed E-state index contributed by atoms with van der Waals surface area (Å²) in [6, 6.07) is 10.3. The second kappa shape index (κ2) is 6.15. The molecule has 2 unspecified atom stereocenters. The summed E-state index contributed by atoms with van der Waals surface area (Å²) in [5.41, 5.74) is 4.38. The Labute approximate surface area is 140 Å². The molecule has 3 aromatic rings. The summed E-state index contributed by atoms with van der Waals surface area (Å²) in [5.74, 6) is 1.07. The van der Waals surface area contributed by atoms with Gasteiger partial charge in [0.05, 0.1) is 11.4 Å². The summed E-state index contributed by atoms with van der Waals surface area (Å²) in [4.78, 5) is 20.2. The summed E-state index contributed by atoms with van der Waals surface area (Å²) in [6.45, 7) is 2.03. The number of carbonyl (C=O) groups excluding carboxylic acids is 1. The molecule has 0 bridgehead atoms. The van der Waals surface area contributed by atoms with Crippen molar-refractivity contribution in [3.8, 4) is 11.1 Å². The molecule has 0 aliphatic heterocycles. The van der Waals surface area contributed by atoms with Gasteiger partial charge < -0.3 is 4.79 Å². The normalized spacial score (nSPS) is 21.0. The van der Waals surface area contributed by atoms with Crippen LogP contribution in [0.1, 0.15) is 43.0 Å². The van der Waals surface area contributed by atoms with Crippen molar-refractivity contribution in [1.82, 2.24) is 19.6 Å². The van der Waals surface area contributed by atoms with Gasteiger partial charge in [0.1, 0.15) is 12.6 Å². The van der Waals surface area contributed by atoms with E-state index in [0.29, 0.717) is 11.7 Å². The number of benzene rings is 1. The molecule has 0 radical (unpaired) electrons. The summed E-state index contributed by atoms with van der Waals surface area (Å²) in [6.07, 6.45) is 6.68. The fourth-order valence-corrected chi connectivity index (χ4v) is 3.92. The lowest BCUT2D eigenvalue weighted by atomic mass is 9.78. The van der Waals surface area contributed by atoms with Gasteiger partial charge in [-0.3, -0.25) is 0 Å². The number of hydrogen-bond acceptors (Lipinski definition) is 4. The second-order valence-corrected chi connectivity index (χ2v) is 6.56. The molecule has 0 N–H and O–H groups in total. The van der Waals surface area contributed by atoms with Crippen molar-refractivity contribution in [2.75, 3.05) is 0 Å². The molecular formula is C19H20N4O. The molecule has 1 aliphatic carbocycles. The van der Waals surface area contributed by atoms with E-state index in [9.17, 15) is 4.79 Å². The van der Waals surface area contributed by atoms with Crippen molar-refractivity contribution in [1.29, 1.82) is 0 Å². The zero-order valence-corrected chi connectivity index (χ0v) is 13.7. The summed E-state index contributed by atoms with van der Waals surface area (Å²) < 4.78 is 1.87. The molecule has 2 aromatic heterocycles. The third-order valence-electron chi connectivity index (χ3n) is 5.00. The Hall–Kier alpha value is -2.56. The Balaban J connectivity index is 1.94. The minimum Gasteiger partial charge on any atom is -0.303 e. The van der Waals surface area contributed by atoms with Crippen LogP contribution in [-0.2, 0) is 4.79 Å². The van der Waals surface area contributed by atoms with E-state index >= 15 is 0 Å². The van der Waals surface area contributed by atoms with E-state index in [2.05, 4.69) is 27.2 Å². The Morgan fingerprint density at radius 1 is 1.21 bits per heavy atom. The average molecular weight is 320 g/mol. The first-order valence-electron chi connectivity index (χ1n) is 8.49. The molecule has 2 atom stereocenters. The molecule has 1 aromatic carbocycles. The fraction of sp³-hybridized carbons (Fsp3) is 0.368. The SMILES string of the molecule is Cc1nc2ncnn2c(C2CCCC(C=O)C2)c1-c1ccccc1. The van der Waals surface area contributed by atoms with Crippen LogP contribution in [0.25, 0.3) is 16.9 Å². The quantitative estimate of drug-likeness (QED) is 0.692. The highest BCUT2D eigenvalue weighted by Crippen LogP contribution is 2.40. The minimum atomic E-state index is 0.138. The van der Waals surface area contributed by atoms with Crippen LogP contribution in [0.2, 0.25) is 0 Å². The van der Waals surface area contributed by atoms with Crippen LogP contribution in [-0.4, -0.2) is 25.9 Å². The Bertz CT molecular complexity index is 872. The van der Waals surface area contributed by atoms with E-state index < -0.39 is 0 Å². The standard InChI is InChI=1S/C19H20N4O/c1-13-17(15-7-3-2-4-8-15)18(23-19(22-13)20-12-21-23)16-9-5-6-14(10-16)11-24/h2-4,7-8,11-12,14,16H,5-6,9-10H2,1H3. The van der Waals surface area contributed by atoms with E-state index in [1.807, 2.05) is 29.6 Å². The van der Waals surface area contributed by atoms with E-state index in [1.165, 1.54) is 0 Å². The lowest BCUT2D eigenvalue weighted by molar-refractivity contribution is -0.112. The molecule has 0 amide bonds. The van der Waals surface area contributed by atoms with Crippen LogP contribution in [0.3, 0.4) is 0 Å². The Kier molecular flexibility index (Phi) is 3.84. The average Bonchev–Trinajstić information content (AvgIpc) is 3.09. The van der Waals surface area contributed by atoms with Gasteiger partial charge in [-0.25, -0.2) is 9.50 Å². The molecule has 2 heterocycles. The third-order valence-corrected chi connectivity index (χ3v) is 5.00. The second-order valence-electron chi connectivity index (χ2n) is 6.56. The van der Waals surface area contributed by atoms with Gasteiger partial charge >= 0.3 is 0 Å². The highest BCUT2D eigenvalue weighted by Gasteiger charge is 2.29. The van der Waals surface area contributed by atoms with Crippen LogP contribution in [0.5, 0.6) is 0 Å². The zero-order valence-electron chi connectivity index (χ0n) is 13.7. The highest BCUT2D eigenvalue weighted by molar-refractivity contribution is 5.70. The number of aldehydes is 1. The third kappa shape index (κ3) is 2.50. The smallest absolute Gasteiger partial charge is 0.252 e. The predicted octanol–water partition coefficient (Wildman–Crippen LogP) is 3.57. The molecule has 1 saturated carbocycles. The van der Waals surface area contributed by atoms with Crippen molar-refractivity contribution in [2.45, 2.75) is 38.5 Å². The van der Waals surface area contributed by atoms with Crippen molar-refractivity contribution in [3.05, 3.63) is 48.0 Å².